The van der Waals surface area contributed by atoms with E-state index in [-0.39, 0.29) is 16.8 Å². The van der Waals surface area contributed by atoms with Gasteiger partial charge >= 0.3 is 0 Å². The molecule has 0 fully saturated rings. The maximum atomic E-state index is 14.4. The zero-order valence-electron chi connectivity index (χ0n) is 17.4. The Kier molecular flexibility index (Phi) is 6.15. The van der Waals surface area contributed by atoms with Crippen LogP contribution in [0.5, 0.6) is 11.5 Å². The first-order valence-electron chi connectivity index (χ1n) is 9.88. The molecule has 3 aromatic rings. The number of nitrogens with zero attached hydrogens (tertiary/aromatic N) is 3. The second kappa shape index (κ2) is 8.99. The van der Waals surface area contributed by atoms with Crippen molar-refractivity contribution in [1.29, 1.82) is 0 Å². The van der Waals surface area contributed by atoms with Gasteiger partial charge in [-0.2, -0.15) is 10.2 Å². The predicted octanol–water partition coefficient (Wildman–Crippen LogP) is 4.88. The number of hydrogen-bond donors (Lipinski definition) is 1. The van der Waals surface area contributed by atoms with Gasteiger partial charge in [0.15, 0.2) is 23.2 Å². The third kappa shape index (κ3) is 4.68. The number of aliphatic imine (C=N–C) groups is 1. The maximum absolute atomic E-state index is 14.4. The average Bonchev–Trinajstić information content (AvgIpc) is 2.74. The monoisotopic (exact) mass is 440 g/mol. The van der Waals surface area contributed by atoms with Gasteiger partial charge in [-0.05, 0) is 56.0 Å². The van der Waals surface area contributed by atoms with Crippen molar-refractivity contribution in [1.82, 2.24) is 15.7 Å². The summed E-state index contributed by atoms with van der Waals surface area (Å²) in [5, 5.41) is 8.01. The fourth-order valence-electron chi connectivity index (χ4n) is 3.38. The molecule has 1 unspecified atom stereocenters. The quantitative estimate of drug-likeness (QED) is 0.612. The summed E-state index contributed by atoms with van der Waals surface area (Å²) >= 11 is 5.88. The molecule has 1 aromatic heterocycles. The Morgan fingerprint density at radius 3 is 2.81 bits per heavy atom. The van der Waals surface area contributed by atoms with Gasteiger partial charge in [0.2, 0.25) is 0 Å². The molecule has 31 heavy (non-hydrogen) atoms. The zero-order chi connectivity index (χ0) is 22.0. The van der Waals surface area contributed by atoms with Crippen LogP contribution in [-0.2, 0) is 11.3 Å². The second-order valence-corrected chi connectivity index (χ2v) is 7.90. The van der Waals surface area contributed by atoms with Crippen molar-refractivity contribution in [3.8, 4) is 11.5 Å². The van der Waals surface area contributed by atoms with Crippen molar-refractivity contribution in [2.24, 2.45) is 4.99 Å². The number of hydrogen-bond acceptors (Lipinski definition) is 6. The predicted molar refractivity (Wildman–Crippen MR) is 117 cm³/mol. The molecule has 1 aliphatic rings. The molecule has 0 bridgehead atoms. The number of halogens is 2. The smallest absolute Gasteiger partial charge is 0.184 e. The lowest BCUT2D eigenvalue weighted by atomic mass is 10.0. The van der Waals surface area contributed by atoms with Gasteiger partial charge < -0.3 is 4.74 Å². The van der Waals surface area contributed by atoms with Crippen LogP contribution < -0.4 is 10.2 Å². The maximum Gasteiger partial charge on any atom is 0.184 e. The van der Waals surface area contributed by atoms with Crippen LogP contribution >= 0.6 is 11.6 Å². The first kappa shape index (κ1) is 21.2. The molecule has 0 aliphatic carbocycles. The topological polar surface area (TPSA) is 68.6 Å². The molecule has 0 saturated heterocycles. The zero-order valence-corrected chi connectivity index (χ0v) is 18.2. The number of aryl methyl sites for hydroxylation is 3. The summed E-state index contributed by atoms with van der Waals surface area (Å²) in [4.78, 5) is 10.4. The Morgan fingerprint density at radius 1 is 1.16 bits per heavy atom. The molecule has 1 aliphatic heterocycles. The molecule has 1 N–H and O–H groups in total. The summed E-state index contributed by atoms with van der Waals surface area (Å²) in [6.45, 7) is 6.39. The van der Waals surface area contributed by atoms with Gasteiger partial charge in [-0.1, -0.05) is 35.9 Å². The Labute approximate surface area is 185 Å². The third-order valence-electron chi connectivity index (χ3n) is 5.16. The largest absolute Gasteiger partial charge is 0.452 e. The van der Waals surface area contributed by atoms with Gasteiger partial charge in [0, 0.05) is 0 Å². The minimum atomic E-state index is -0.646. The Hall–Kier alpha value is -3.03. The van der Waals surface area contributed by atoms with E-state index in [1.807, 2.05) is 0 Å². The van der Waals surface area contributed by atoms with Gasteiger partial charge in [0.1, 0.15) is 0 Å². The molecule has 4 rings (SSSR count). The highest BCUT2D eigenvalue weighted by Crippen LogP contribution is 2.31. The number of aromatic nitrogens is 2. The Balaban J connectivity index is 1.65. The number of rotatable bonds is 5. The highest BCUT2D eigenvalue weighted by molar-refractivity contribution is 6.30. The average molecular weight is 441 g/mol. The second-order valence-electron chi connectivity index (χ2n) is 7.49. The van der Waals surface area contributed by atoms with Crippen LogP contribution in [0.25, 0.3) is 0 Å². The summed E-state index contributed by atoms with van der Waals surface area (Å²) in [6.07, 6.45) is 2.14. The lowest BCUT2D eigenvalue weighted by Gasteiger charge is -2.24. The number of amidine groups is 1. The highest BCUT2D eigenvalue weighted by Gasteiger charge is 2.23. The summed E-state index contributed by atoms with van der Waals surface area (Å²) < 4.78 is 20.2. The van der Waals surface area contributed by atoms with Crippen molar-refractivity contribution in [3.05, 3.63) is 81.4 Å². The molecule has 1 atom stereocenters. The molecule has 160 valence electrons. The number of hydroxylamine groups is 1. The number of benzene rings is 2. The SMILES string of the molecule is Cc1ccc(CC2CONC(c3c(Oc4cccc(Cl)c4F)cnnc3C)=N2)cc1C. The van der Waals surface area contributed by atoms with E-state index in [2.05, 4.69) is 47.7 Å². The molecular weight excluding hydrogens is 419 g/mol. The van der Waals surface area contributed by atoms with Crippen LogP contribution in [-0.4, -0.2) is 28.7 Å². The van der Waals surface area contributed by atoms with E-state index < -0.39 is 5.82 Å². The normalized spacial score (nSPS) is 15.9. The van der Waals surface area contributed by atoms with Gasteiger partial charge in [-0.3, -0.25) is 9.83 Å². The van der Waals surface area contributed by atoms with Crippen LogP contribution in [0.15, 0.2) is 47.6 Å². The van der Waals surface area contributed by atoms with E-state index in [0.717, 1.165) is 6.42 Å². The van der Waals surface area contributed by atoms with Crippen LogP contribution in [0.1, 0.15) is 27.9 Å². The molecule has 8 heteroatoms. The van der Waals surface area contributed by atoms with Gasteiger partial charge in [0.25, 0.3) is 0 Å². The van der Waals surface area contributed by atoms with E-state index in [1.54, 1.807) is 13.0 Å². The Morgan fingerprint density at radius 2 is 2.00 bits per heavy atom. The lowest BCUT2D eigenvalue weighted by Crippen LogP contribution is -2.37. The van der Waals surface area contributed by atoms with Gasteiger partial charge in [-0.25, -0.2) is 9.87 Å². The molecule has 0 spiro atoms. The van der Waals surface area contributed by atoms with E-state index in [4.69, 9.17) is 26.2 Å². The standard InChI is InChI=1S/C23H22ClFN4O2/c1-13-7-8-16(9-14(13)2)10-17-12-30-29-23(27-17)21-15(3)28-26-11-20(21)31-19-6-4-5-18(24)22(19)25/h4-9,11,17H,10,12H2,1-3H3,(H,27,29). The van der Waals surface area contributed by atoms with Crippen molar-refractivity contribution in [2.45, 2.75) is 33.2 Å². The molecule has 2 aromatic carbocycles. The highest BCUT2D eigenvalue weighted by atomic mass is 35.5. The fourth-order valence-corrected chi connectivity index (χ4v) is 3.55. The van der Waals surface area contributed by atoms with Crippen molar-refractivity contribution in [2.75, 3.05) is 6.61 Å². The first-order chi connectivity index (χ1) is 14.9. The number of nitrogens with one attached hydrogen (secondary N) is 1. The van der Waals surface area contributed by atoms with Crippen molar-refractivity contribution in [3.63, 3.8) is 0 Å². The fraction of sp³-hybridized carbons (Fsp3) is 0.261. The van der Waals surface area contributed by atoms with E-state index in [9.17, 15) is 4.39 Å². The third-order valence-corrected chi connectivity index (χ3v) is 5.45. The minimum Gasteiger partial charge on any atom is -0.452 e. The molecule has 0 saturated carbocycles. The summed E-state index contributed by atoms with van der Waals surface area (Å²) in [7, 11) is 0. The van der Waals surface area contributed by atoms with E-state index >= 15 is 0 Å². The minimum absolute atomic E-state index is 0.00911. The molecule has 2 heterocycles. The van der Waals surface area contributed by atoms with E-state index in [1.165, 1.54) is 35.0 Å². The van der Waals surface area contributed by atoms with Gasteiger partial charge in [0.05, 0.1) is 35.1 Å². The van der Waals surface area contributed by atoms with Crippen molar-refractivity contribution >= 4 is 17.4 Å². The Bertz CT molecular complexity index is 1150. The van der Waals surface area contributed by atoms with Crippen LogP contribution in [0, 0.1) is 26.6 Å². The molecular formula is C23H22ClFN4O2. The van der Waals surface area contributed by atoms with Crippen LogP contribution in [0.2, 0.25) is 5.02 Å². The van der Waals surface area contributed by atoms with Crippen molar-refractivity contribution < 1.29 is 14.0 Å². The summed E-state index contributed by atoms with van der Waals surface area (Å²) in [5.74, 6) is 0.109. The summed E-state index contributed by atoms with van der Waals surface area (Å²) in [6, 6.07) is 10.9. The number of ether oxygens (including phenoxy) is 1. The molecule has 0 radical (unpaired) electrons. The molecule has 6 nitrogen and oxygen atoms in total. The molecule has 0 amide bonds. The van der Waals surface area contributed by atoms with Crippen LogP contribution in [0.4, 0.5) is 4.39 Å². The first-order valence-corrected chi connectivity index (χ1v) is 10.3. The van der Waals surface area contributed by atoms with Gasteiger partial charge in [-0.15, -0.1) is 0 Å². The van der Waals surface area contributed by atoms with E-state index in [0.29, 0.717) is 29.4 Å². The van der Waals surface area contributed by atoms with Crippen LogP contribution in [0.3, 0.4) is 0 Å². The lowest BCUT2D eigenvalue weighted by molar-refractivity contribution is 0.0623. The summed E-state index contributed by atoms with van der Waals surface area (Å²) in [5.41, 5.74) is 7.65.